The summed E-state index contributed by atoms with van der Waals surface area (Å²) in [7, 11) is 0. The van der Waals surface area contributed by atoms with Crippen LogP contribution in [0.5, 0.6) is 0 Å². The summed E-state index contributed by atoms with van der Waals surface area (Å²) < 4.78 is 11.1. The van der Waals surface area contributed by atoms with Crippen LogP contribution >= 0.6 is 0 Å². The number of piperidine rings is 1. The van der Waals surface area contributed by atoms with Gasteiger partial charge in [0.15, 0.2) is 6.29 Å². The highest BCUT2D eigenvalue weighted by Crippen LogP contribution is 2.16. The third-order valence-corrected chi connectivity index (χ3v) is 2.99. The Kier molecular flexibility index (Phi) is 6.22. The Morgan fingerprint density at radius 2 is 1.67 bits per heavy atom. The van der Waals surface area contributed by atoms with Gasteiger partial charge in [-0.1, -0.05) is 6.92 Å². The SMILES string of the molecule is CCOC(CN1CCC(C)CC1)OCC. The highest BCUT2D eigenvalue weighted by molar-refractivity contribution is 4.70. The minimum absolute atomic E-state index is 0.0339. The van der Waals surface area contributed by atoms with Gasteiger partial charge in [0.25, 0.3) is 0 Å². The highest BCUT2D eigenvalue weighted by atomic mass is 16.7. The molecule has 0 radical (unpaired) electrons. The summed E-state index contributed by atoms with van der Waals surface area (Å²) >= 11 is 0. The monoisotopic (exact) mass is 215 g/mol. The second-order valence-electron chi connectivity index (χ2n) is 4.32. The summed E-state index contributed by atoms with van der Waals surface area (Å²) in [6.45, 7) is 11.1. The van der Waals surface area contributed by atoms with Crippen molar-refractivity contribution < 1.29 is 9.47 Å². The molecule has 1 rings (SSSR count). The topological polar surface area (TPSA) is 21.7 Å². The molecular formula is C12H25NO2. The van der Waals surface area contributed by atoms with E-state index in [9.17, 15) is 0 Å². The predicted molar refractivity (Wildman–Crippen MR) is 61.9 cm³/mol. The predicted octanol–water partition coefficient (Wildman–Crippen LogP) is 2.12. The minimum Gasteiger partial charge on any atom is -0.352 e. The summed E-state index contributed by atoms with van der Waals surface area (Å²) in [6.07, 6.45) is 2.59. The van der Waals surface area contributed by atoms with Crippen molar-refractivity contribution in [3.63, 3.8) is 0 Å². The van der Waals surface area contributed by atoms with E-state index in [1.807, 2.05) is 13.8 Å². The number of rotatable bonds is 6. The average molecular weight is 215 g/mol. The van der Waals surface area contributed by atoms with Crippen LogP contribution in [-0.4, -0.2) is 44.0 Å². The number of nitrogens with zero attached hydrogens (tertiary/aromatic N) is 1. The molecule has 1 saturated heterocycles. The lowest BCUT2D eigenvalue weighted by molar-refractivity contribution is -0.148. The molecule has 1 aliphatic heterocycles. The van der Waals surface area contributed by atoms with E-state index in [0.717, 1.165) is 25.7 Å². The third-order valence-electron chi connectivity index (χ3n) is 2.99. The first-order chi connectivity index (χ1) is 7.26. The lowest BCUT2D eigenvalue weighted by atomic mass is 9.99. The van der Waals surface area contributed by atoms with Gasteiger partial charge in [-0.15, -0.1) is 0 Å². The van der Waals surface area contributed by atoms with E-state index >= 15 is 0 Å². The van der Waals surface area contributed by atoms with Gasteiger partial charge in [0, 0.05) is 19.8 Å². The Labute approximate surface area is 93.7 Å². The van der Waals surface area contributed by atoms with Gasteiger partial charge in [0.1, 0.15) is 0 Å². The van der Waals surface area contributed by atoms with Crippen LogP contribution in [0, 0.1) is 5.92 Å². The second kappa shape index (κ2) is 7.20. The zero-order chi connectivity index (χ0) is 11.1. The molecule has 0 aromatic carbocycles. The van der Waals surface area contributed by atoms with Gasteiger partial charge >= 0.3 is 0 Å². The normalized spacial score (nSPS) is 20.0. The third kappa shape index (κ3) is 4.96. The van der Waals surface area contributed by atoms with Crippen LogP contribution in [0.25, 0.3) is 0 Å². The molecule has 0 N–H and O–H groups in total. The van der Waals surface area contributed by atoms with Crippen molar-refractivity contribution >= 4 is 0 Å². The van der Waals surface area contributed by atoms with Crippen molar-refractivity contribution in [3.05, 3.63) is 0 Å². The van der Waals surface area contributed by atoms with E-state index in [-0.39, 0.29) is 6.29 Å². The Morgan fingerprint density at radius 1 is 1.13 bits per heavy atom. The van der Waals surface area contributed by atoms with Gasteiger partial charge < -0.3 is 9.47 Å². The van der Waals surface area contributed by atoms with Gasteiger partial charge in [0.05, 0.1) is 0 Å². The van der Waals surface area contributed by atoms with Crippen molar-refractivity contribution in [2.75, 3.05) is 32.8 Å². The molecule has 3 nitrogen and oxygen atoms in total. The highest BCUT2D eigenvalue weighted by Gasteiger charge is 2.19. The summed E-state index contributed by atoms with van der Waals surface area (Å²) in [6, 6.07) is 0. The van der Waals surface area contributed by atoms with Crippen molar-refractivity contribution in [3.8, 4) is 0 Å². The molecule has 15 heavy (non-hydrogen) atoms. The average Bonchev–Trinajstić information content (AvgIpc) is 2.22. The first-order valence-electron chi connectivity index (χ1n) is 6.21. The second-order valence-corrected chi connectivity index (χ2v) is 4.32. The maximum absolute atomic E-state index is 5.55. The lowest BCUT2D eigenvalue weighted by Gasteiger charge is -2.32. The van der Waals surface area contributed by atoms with E-state index in [0.29, 0.717) is 0 Å². The number of ether oxygens (including phenoxy) is 2. The quantitative estimate of drug-likeness (QED) is 0.633. The fourth-order valence-electron chi connectivity index (χ4n) is 1.98. The van der Waals surface area contributed by atoms with Gasteiger partial charge in [-0.2, -0.15) is 0 Å². The largest absolute Gasteiger partial charge is 0.352 e. The van der Waals surface area contributed by atoms with Crippen molar-refractivity contribution in [2.24, 2.45) is 5.92 Å². The van der Waals surface area contributed by atoms with Crippen molar-refractivity contribution in [1.29, 1.82) is 0 Å². The van der Waals surface area contributed by atoms with Gasteiger partial charge in [-0.3, -0.25) is 4.90 Å². The number of hydrogen-bond donors (Lipinski definition) is 0. The summed E-state index contributed by atoms with van der Waals surface area (Å²) in [5.41, 5.74) is 0. The zero-order valence-electron chi connectivity index (χ0n) is 10.4. The first kappa shape index (κ1) is 12.9. The Hall–Kier alpha value is -0.120. The molecule has 0 bridgehead atoms. The molecule has 90 valence electrons. The number of likely N-dealkylation sites (tertiary alicyclic amines) is 1. The lowest BCUT2D eigenvalue weighted by Crippen LogP contribution is -2.40. The molecular weight excluding hydrogens is 190 g/mol. The molecule has 0 aromatic heterocycles. The molecule has 0 amide bonds. The van der Waals surface area contributed by atoms with Crippen LogP contribution in [0.15, 0.2) is 0 Å². The molecule has 0 unspecified atom stereocenters. The van der Waals surface area contributed by atoms with Crippen LogP contribution < -0.4 is 0 Å². The maximum Gasteiger partial charge on any atom is 0.170 e. The van der Waals surface area contributed by atoms with E-state index in [4.69, 9.17) is 9.47 Å². The molecule has 1 aliphatic rings. The Bertz CT molecular complexity index is 150. The van der Waals surface area contributed by atoms with Crippen LogP contribution in [0.4, 0.5) is 0 Å². The van der Waals surface area contributed by atoms with Gasteiger partial charge in [-0.05, 0) is 45.7 Å². The minimum atomic E-state index is -0.0339. The standard InChI is InChI=1S/C12H25NO2/c1-4-14-12(15-5-2)10-13-8-6-11(3)7-9-13/h11-12H,4-10H2,1-3H3. The van der Waals surface area contributed by atoms with Gasteiger partial charge in [0.2, 0.25) is 0 Å². The number of hydrogen-bond acceptors (Lipinski definition) is 3. The fourth-order valence-corrected chi connectivity index (χ4v) is 1.98. The first-order valence-corrected chi connectivity index (χ1v) is 6.21. The molecule has 1 heterocycles. The van der Waals surface area contributed by atoms with Crippen LogP contribution in [0.2, 0.25) is 0 Å². The van der Waals surface area contributed by atoms with Crippen LogP contribution in [0.1, 0.15) is 33.6 Å². The van der Waals surface area contributed by atoms with E-state index in [1.165, 1.54) is 25.9 Å². The van der Waals surface area contributed by atoms with Crippen LogP contribution in [-0.2, 0) is 9.47 Å². The molecule has 0 saturated carbocycles. The summed E-state index contributed by atoms with van der Waals surface area (Å²) in [4.78, 5) is 2.45. The molecule has 1 fully saturated rings. The molecule has 0 spiro atoms. The van der Waals surface area contributed by atoms with Crippen molar-refractivity contribution in [2.45, 2.75) is 39.9 Å². The summed E-state index contributed by atoms with van der Waals surface area (Å²) in [5.74, 6) is 0.888. The van der Waals surface area contributed by atoms with Gasteiger partial charge in [-0.25, -0.2) is 0 Å². The van der Waals surface area contributed by atoms with Crippen molar-refractivity contribution in [1.82, 2.24) is 4.90 Å². The van der Waals surface area contributed by atoms with E-state index in [2.05, 4.69) is 11.8 Å². The molecule has 0 atom stereocenters. The Morgan fingerprint density at radius 3 is 2.13 bits per heavy atom. The Balaban J connectivity index is 2.24. The summed E-state index contributed by atoms with van der Waals surface area (Å²) in [5, 5.41) is 0. The molecule has 3 heteroatoms. The maximum atomic E-state index is 5.55. The fraction of sp³-hybridized carbons (Fsp3) is 1.00. The van der Waals surface area contributed by atoms with E-state index < -0.39 is 0 Å². The van der Waals surface area contributed by atoms with Crippen LogP contribution in [0.3, 0.4) is 0 Å². The van der Waals surface area contributed by atoms with E-state index in [1.54, 1.807) is 0 Å². The smallest absolute Gasteiger partial charge is 0.170 e. The molecule has 0 aliphatic carbocycles. The molecule has 0 aromatic rings. The zero-order valence-corrected chi connectivity index (χ0v) is 10.4.